The number of carbonyl (C=O) groups excluding carboxylic acids is 1. The van der Waals surface area contributed by atoms with Gasteiger partial charge in [-0.3, -0.25) is 4.79 Å². The highest BCUT2D eigenvalue weighted by molar-refractivity contribution is 14.1. The molecule has 0 saturated carbocycles. The Hall–Kier alpha value is -2.67. The summed E-state index contributed by atoms with van der Waals surface area (Å²) in [6, 6.07) is 30.4. The molecule has 3 aromatic rings. The van der Waals surface area contributed by atoms with Crippen molar-refractivity contribution in [3.63, 3.8) is 0 Å². The highest BCUT2D eigenvalue weighted by Gasteiger charge is 2.39. The number of ether oxygens (including phenoxy) is 1. The molecule has 0 aliphatic rings. The summed E-state index contributed by atoms with van der Waals surface area (Å²) >= 11 is 2.23. The first kappa shape index (κ1) is 23.0. The van der Waals surface area contributed by atoms with Crippen LogP contribution in [0.1, 0.15) is 36.5 Å². The lowest BCUT2D eigenvalue weighted by molar-refractivity contribution is -0.145. The Morgan fingerprint density at radius 1 is 0.903 bits per heavy atom. The third kappa shape index (κ3) is 5.94. The molecule has 0 heterocycles. The fraction of sp³-hybridized carbons (Fsp3) is 0.231. The summed E-state index contributed by atoms with van der Waals surface area (Å²) in [5, 5.41) is 4.39. The van der Waals surface area contributed by atoms with Crippen LogP contribution in [-0.2, 0) is 20.0 Å². The molecule has 5 heteroatoms. The molecule has 160 valence electrons. The molecular formula is C26H26INO3. The van der Waals surface area contributed by atoms with E-state index in [9.17, 15) is 4.79 Å². The fourth-order valence-electron chi connectivity index (χ4n) is 3.51. The van der Waals surface area contributed by atoms with Crippen LogP contribution in [0.25, 0.3) is 0 Å². The first-order chi connectivity index (χ1) is 15.2. The topological polar surface area (TPSA) is 47.9 Å². The molecule has 0 radical (unpaired) electrons. The number of rotatable bonds is 10. The van der Waals surface area contributed by atoms with Crippen LogP contribution < -0.4 is 0 Å². The van der Waals surface area contributed by atoms with Gasteiger partial charge in [0.05, 0.1) is 0 Å². The minimum atomic E-state index is -0.876. The van der Waals surface area contributed by atoms with E-state index in [-0.39, 0.29) is 12.1 Å². The normalized spacial score (nSPS) is 12.5. The maximum Gasteiger partial charge on any atom is 0.302 e. The Morgan fingerprint density at radius 2 is 1.35 bits per heavy atom. The lowest BCUT2D eigenvalue weighted by Gasteiger charge is -2.33. The van der Waals surface area contributed by atoms with Crippen molar-refractivity contribution in [3.05, 3.63) is 108 Å². The smallest absolute Gasteiger partial charge is 0.302 e. The van der Waals surface area contributed by atoms with Crippen LogP contribution in [-0.4, -0.2) is 22.7 Å². The van der Waals surface area contributed by atoms with Crippen molar-refractivity contribution in [3.8, 4) is 0 Å². The van der Waals surface area contributed by atoms with E-state index >= 15 is 0 Å². The first-order valence-electron chi connectivity index (χ1n) is 10.3. The maximum atomic E-state index is 11.2. The van der Waals surface area contributed by atoms with E-state index in [2.05, 4.69) is 64.1 Å². The van der Waals surface area contributed by atoms with Gasteiger partial charge in [0, 0.05) is 34.3 Å². The summed E-state index contributed by atoms with van der Waals surface area (Å²) in [5.41, 5.74) is 2.11. The highest BCUT2D eigenvalue weighted by Crippen LogP contribution is 2.40. The van der Waals surface area contributed by atoms with Crippen molar-refractivity contribution in [2.45, 2.75) is 31.5 Å². The van der Waals surface area contributed by atoms with Gasteiger partial charge in [-0.15, -0.1) is 0 Å². The molecule has 0 spiro atoms. The van der Waals surface area contributed by atoms with Gasteiger partial charge in [0.25, 0.3) is 0 Å². The third-order valence-corrected chi connectivity index (χ3v) is 5.91. The lowest BCUT2D eigenvalue weighted by atomic mass is 9.80. The van der Waals surface area contributed by atoms with Crippen molar-refractivity contribution in [1.82, 2.24) is 0 Å². The summed E-state index contributed by atoms with van der Waals surface area (Å²) in [4.78, 5) is 17.6. The number of nitrogens with zero attached hydrogens (tertiary/aromatic N) is 1. The second kappa shape index (κ2) is 11.6. The number of hydrogen-bond donors (Lipinski definition) is 0. The molecule has 0 aliphatic heterocycles. The standard InChI is InChI=1S/C26H26INO3/c1-21(29)30-25(20-27)18-11-19-28-31-26(22-12-5-2-6-13-22,23-14-7-3-8-15-23)24-16-9-4-10-17-24/h2-10,12-17,19,25H,11,18,20H2,1H3/b28-19+. The lowest BCUT2D eigenvalue weighted by Crippen LogP contribution is -2.31. The van der Waals surface area contributed by atoms with Gasteiger partial charge >= 0.3 is 5.97 Å². The van der Waals surface area contributed by atoms with Gasteiger partial charge < -0.3 is 9.57 Å². The van der Waals surface area contributed by atoms with Crippen molar-refractivity contribution in [2.75, 3.05) is 4.43 Å². The van der Waals surface area contributed by atoms with Crippen LogP contribution >= 0.6 is 22.6 Å². The molecule has 0 aliphatic carbocycles. The van der Waals surface area contributed by atoms with Gasteiger partial charge in [-0.25, -0.2) is 0 Å². The van der Waals surface area contributed by atoms with Crippen LogP contribution in [0.2, 0.25) is 0 Å². The van der Waals surface area contributed by atoms with E-state index in [1.165, 1.54) is 6.92 Å². The monoisotopic (exact) mass is 527 g/mol. The summed E-state index contributed by atoms with van der Waals surface area (Å²) in [6.45, 7) is 1.43. The molecule has 3 rings (SSSR count). The molecule has 0 saturated heterocycles. The Kier molecular flexibility index (Phi) is 8.64. The predicted molar refractivity (Wildman–Crippen MR) is 132 cm³/mol. The largest absolute Gasteiger partial charge is 0.462 e. The van der Waals surface area contributed by atoms with E-state index < -0.39 is 5.60 Å². The molecule has 0 bridgehead atoms. The van der Waals surface area contributed by atoms with E-state index in [4.69, 9.17) is 9.57 Å². The number of benzene rings is 3. The molecule has 3 aromatic carbocycles. The maximum absolute atomic E-state index is 11.2. The average Bonchev–Trinajstić information content (AvgIpc) is 2.82. The molecule has 0 aromatic heterocycles. The molecule has 31 heavy (non-hydrogen) atoms. The zero-order valence-corrected chi connectivity index (χ0v) is 19.6. The average molecular weight is 527 g/mol. The van der Waals surface area contributed by atoms with Gasteiger partial charge in [-0.2, -0.15) is 0 Å². The molecule has 1 unspecified atom stereocenters. The number of esters is 1. The van der Waals surface area contributed by atoms with Crippen LogP contribution in [0.4, 0.5) is 0 Å². The van der Waals surface area contributed by atoms with Gasteiger partial charge in [-0.1, -0.05) is 119 Å². The fourth-order valence-corrected chi connectivity index (χ4v) is 4.13. The zero-order chi connectivity index (χ0) is 21.9. The first-order valence-corrected chi connectivity index (χ1v) is 11.8. The molecule has 0 fully saturated rings. The summed E-state index contributed by atoms with van der Waals surface area (Å²) < 4.78 is 6.05. The van der Waals surface area contributed by atoms with Crippen molar-refractivity contribution >= 4 is 34.8 Å². The minimum Gasteiger partial charge on any atom is -0.462 e. The van der Waals surface area contributed by atoms with Crippen LogP contribution in [0.5, 0.6) is 0 Å². The number of alkyl halides is 1. The molecule has 4 nitrogen and oxygen atoms in total. The van der Waals surface area contributed by atoms with Crippen molar-refractivity contribution in [2.24, 2.45) is 5.16 Å². The molecule has 0 N–H and O–H groups in total. The Morgan fingerprint density at radius 3 is 1.74 bits per heavy atom. The molecule has 1 atom stereocenters. The zero-order valence-electron chi connectivity index (χ0n) is 17.5. The quantitative estimate of drug-likeness (QED) is 0.0797. The number of hydrogen-bond acceptors (Lipinski definition) is 4. The minimum absolute atomic E-state index is 0.119. The predicted octanol–water partition coefficient (Wildman–Crippen LogP) is 6.13. The summed E-state index contributed by atoms with van der Waals surface area (Å²) in [6.07, 6.45) is 2.98. The van der Waals surface area contributed by atoms with Gasteiger partial charge in [0.1, 0.15) is 6.10 Å². The van der Waals surface area contributed by atoms with Crippen LogP contribution in [0.3, 0.4) is 0 Å². The van der Waals surface area contributed by atoms with Gasteiger partial charge in [0.2, 0.25) is 5.60 Å². The van der Waals surface area contributed by atoms with Crippen molar-refractivity contribution in [1.29, 1.82) is 0 Å². The third-order valence-electron chi connectivity index (χ3n) is 4.93. The van der Waals surface area contributed by atoms with E-state index in [1.54, 1.807) is 6.21 Å². The Balaban J connectivity index is 1.92. The van der Waals surface area contributed by atoms with E-state index in [0.29, 0.717) is 12.8 Å². The number of oxime groups is 1. The van der Waals surface area contributed by atoms with Gasteiger partial charge in [0.15, 0.2) is 0 Å². The van der Waals surface area contributed by atoms with E-state index in [1.807, 2.05) is 54.6 Å². The van der Waals surface area contributed by atoms with Crippen molar-refractivity contribution < 1.29 is 14.4 Å². The number of carbonyl (C=O) groups is 1. The molecule has 0 amide bonds. The second-order valence-corrected chi connectivity index (χ2v) is 8.00. The summed E-state index contributed by atoms with van der Waals surface area (Å²) in [5.74, 6) is -0.258. The summed E-state index contributed by atoms with van der Waals surface area (Å²) in [7, 11) is 0. The SMILES string of the molecule is CC(=O)OC(CI)CC/C=N/OC(c1ccccc1)(c1ccccc1)c1ccccc1. The Bertz CT molecular complexity index is 865. The Labute approximate surface area is 197 Å². The van der Waals surface area contributed by atoms with Crippen LogP contribution in [0, 0.1) is 0 Å². The van der Waals surface area contributed by atoms with Gasteiger partial charge in [-0.05, 0) is 12.8 Å². The molecular weight excluding hydrogens is 501 g/mol. The van der Waals surface area contributed by atoms with Crippen LogP contribution in [0.15, 0.2) is 96.2 Å². The second-order valence-electron chi connectivity index (χ2n) is 7.12. The highest BCUT2D eigenvalue weighted by atomic mass is 127. The number of halogens is 1. The van der Waals surface area contributed by atoms with E-state index in [0.717, 1.165) is 21.1 Å².